The maximum Gasteiger partial charge on any atom is 0.422 e. The third kappa shape index (κ3) is 6.63. The second kappa shape index (κ2) is 12.2. The van der Waals surface area contributed by atoms with Gasteiger partial charge in [-0.2, -0.15) is 23.4 Å². The summed E-state index contributed by atoms with van der Waals surface area (Å²) in [7, 11) is 1.79. The van der Waals surface area contributed by atoms with Crippen molar-refractivity contribution in [3.63, 3.8) is 0 Å². The maximum atomic E-state index is 14.8. The fraction of sp³-hybridized carbons (Fsp3) is 0.286. The Labute approximate surface area is 237 Å². The van der Waals surface area contributed by atoms with Crippen molar-refractivity contribution in [2.45, 2.75) is 19.0 Å². The number of ether oxygens (including phenoxy) is 1. The Morgan fingerprint density at radius 3 is 2.78 bits per heavy atom. The van der Waals surface area contributed by atoms with E-state index in [1.54, 1.807) is 18.0 Å². The highest BCUT2D eigenvalue weighted by atomic mass is 32.1. The van der Waals surface area contributed by atoms with Crippen LogP contribution in [0.5, 0.6) is 11.5 Å². The van der Waals surface area contributed by atoms with E-state index in [9.17, 15) is 22.4 Å². The normalized spacial score (nSPS) is 15.5. The van der Waals surface area contributed by atoms with E-state index in [2.05, 4.69) is 25.8 Å². The zero-order chi connectivity index (χ0) is 29.0. The number of anilines is 2. The topological polar surface area (TPSA) is 92.3 Å². The van der Waals surface area contributed by atoms with Gasteiger partial charge in [-0.25, -0.2) is 9.37 Å². The van der Waals surface area contributed by atoms with Crippen LogP contribution in [-0.4, -0.2) is 47.8 Å². The van der Waals surface area contributed by atoms with Crippen molar-refractivity contribution in [3.8, 4) is 22.1 Å². The third-order valence-corrected chi connectivity index (χ3v) is 7.48. The van der Waals surface area contributed by atoms with Crippen LogP contribution in [0.3, 0.4) is 0 Å². The summed E-state index contributed by atoms with van der Waals surface area (Å²) >= 11 is 1.20. The maximum absolute atomic E-state index is 14.8. The van der Waals surface area contributed by atoms with Gasteiger partial charge in [-0.1, -0.05) is 6.07 Å². The number of carbonyl (C=O) groups excluding carboxylic acids is 1. The third-order valence-electron chi connectivity index (χ3n) is 6.59. The number of halogens is 4. The number of piperidine rings is 1. The summed E-state index contributed by atoms with van der Waals surface area (Å²) < 4.78 is 63.8. The molecular weight excluding hydrogens is 560 g/mol. The van der Waals surface area contributed by atoms with Gasteiger partial charge in [0.2, 0.25) is 0 Å². The molecule has 13 heteroatoms. The lowest BCUT2D eigenvalue weighted by molar-refractivity contribution is -0.138. The van der Waals surface area contributed by atoms with Gasteiger partial charge in [0.05, 0.1) is 23.8 Å². The number of alkyl halides is 3. The van der Waals surface area contributed by atoms with Crippen molar-refractivity contribution in [1.29, 1.82) is 0 Å². The Bertz CT molecular complexity index is 1510. The number of hydrogen-bond donors (Lipinski definition) is 2. The minimum absolute atomic E-state index is 0.0286. The van der Waals surface area contributed by atoms with Crippen molar-refractivity contribution in [1.82, 2.24) is 20.5 Å². The molecule has 5 rings (SSSR count). The van der Waals surface area contributed by atoms with E-state index in [-0.39, 0.29) is 28.7 Å². The lowest BCUT2D eigenvalue weighted by Crippen LogP contribution is -2.40. The van der Waals surface area contributed by atoms with Gasteiger partial charge in [-0.05, 0) is 62.7 Å². The first-order valence-corrected chi connectivity index (χ1v) is 13.7. The average molecular weight is 587 g/mol. The van der Waals surface area contributed by atoms with Crippen LogP contribution in [0.1, 0.15) is 28.9 Å². The smallest absolute Gasteiger partial charge is 0.422 e. The van der Waals surface area contributed by atoms with E-state index in [1.165, 1.54) is 53.4 Å². The quantitative estimate of drug-likeness (QED) is 0.236. The van der Waals surface area contributed by atoms with Crippen LogP contribution in [0.25, 0.3) is 10.6 Å². The van der Waals surface area contributed by atoms with E-state index in [1.807, 2.05) is 0 Å². The van der Waals surface area contributed by atoms with Gasteiger partial charge < -0.3 is 20.3 Å². The number of aromatic nitrogens is 3. The molecule has 0 spiro atoms. The fourth-order valence-electron chi connectivity index (χ4n) is 4.86. The monoisotopic (exact) mass is 586 g/mol. The second-order valence-electron chi connectivity index (χ2n) is 9.53. The van der Waals surface area contributed by atoms with E-state index in [4.69, 9.17) is 4.74 Å². The average Bonchev–Trinajstić information content (AvgIpc) is 3.45. The number of nitrogens with one attached hydrogen (secondary N) is 2. The van der Waals surface area contributed by atoms with Crippen molar-refractivity contribution in [2.75, 3.05) is 36.9 Å². The van der Waals surface area contributed by atoms with Crippen LogP contribution in [0.15, 0.2) is 60.2 Å². The molecule has 1 atom stereocenters. The highest BCUT2D eigenvalue weighted by molar-refractivity contribution is 7.13. The minimum Gasteiger partial charge on any atom is -0.457 e. The summed E-state index contributed by atoms with van der Waals surface area (Å²) in [6, 6.07) is 9.11. The van der Waals surface area contributed by atoms with Crippen molar-refractivity contribution in [3.05, 3.63) is 77.3 Å². The number of thiazole rings is 1. The zero-order valence-corrected chi connectivity index (χ0v) is 22.7. The highest BCUT2D eigenvalue weighted by Crippen LogP contribution is 2.48. The van der Waals surface area contributed by atoms with Gasteiger partial charge in [0.15, 0.2) is 0 Å². The molecule has 1 amide bonds. The summed E-state index contributed by atoms with van der Waals surface area (Å²) in [6.07, 6.45) is -0.331. The largest absolute Gasteiger partial charge is 0.457 e. The first-order chi connectivity index (χ1) is 19.7. The molecule has 1 aliphatic rings. The fourth-order valence-corrected chi connectivity index (χ4v) is 5.65. The van der Waals surface area contributed by atoms with Crippen molar-refractivity contribution < 1.29 is 27.1 Å². The summed E-state index contributed by atoms with van der Waals surface area (Å²) in [4.78, 5) is 19.2. The lowest BCUT2D eigenvalue weighted by Gasteiger charge is -2.37. The van der Waals surface area contributed by atoms with Crippen LogP contribution in [0.2, 0.25) is 0 Å². The molecular formula is C28H26F4N6O2S. The Hall–Kier alpha value is -4.10. The van der Waals surface area contributed by atoms with Gasteiger partial charge in [0.1, 0.15) is 33.6 Å². The highest BCUT2D eigenvalue weighted by Gasteiger charge is 2.41. The number of carbonyl (C=O) groups is 1. The summed E-state index contributed by atoms with van der Waals surface area (Å²) in [5, 5.41) is 15.3. The second-order valence-corrected chi connectivity index (χ2v) is 10.4. The standard InChI is InChI=1S/C28H26F4N6O2S/c1-33-13-17-4-3-11-38(15-17)25-21(36-26(39)22-16-41-27(37-22)18-9-10-34-35-14-18)7-8-23(24(25)28(30,31)32)40-20-6-2-5-19(29)12-20/h2,5-10,12,14,16-17,33H,3-4,11,13,15H2,1H3,(H,36,39)/t17-/m0/s1. The number of amides is 1. The number of nitrogens with zero attached hydrogens (tertiary/aromatic N) is 4. The van der Waals surface area contributed by atoms with E-state index >= 15 is 0 Å². The van der Waals surface area contributed by atoms with Gasteiger partial charge in [-0.3, -0.25) is 4.79 Å². The number of benzene rings is 2. The number of rotatable bonds is 8. The Kier molecular flexibility index (Phi) is 8.45. The van der Waals surface area contributed by atoms with E-state index in [0.717, 1.165) is 18.6 Å². The molecule has 0 bridgehead atoms. The molecule has 0 radical (unpaired) electrons. The molecule has 1 saturated heterocycles. The van der Waals surface area contributed by atoms with Gasteiger partial charge in [0, 0.05) is 30.1 Å². The van der Waals surface area contributed by atoms with Crippen molar-refractivity contribution in [2.24, 2.45) is 5.92 Å². The van der Waals surface area contributed by atoms with Crippen LogP contribution in [-0.2, 0) is 6.18 Å². The van der Waals surface area contributed by atoms with Crippen molar-refractivity contribution >= 4 is 28.6 Å². The number of hydrogen-bond acceptors (Lipinski definition) is 8. The Morgan fingerprint density at radius 2 is 2.05 bits per heavy atom. The zero-order valence-electron chi connectivity index (χ0n) is 21.9. The first kappa shape index (κ1) is 28.4. The summed E-state index contributed by atoms with van der Waals surface area (Å²) in [5.41, 5.74) is -0.569. The Balaban J connectivity index is 1.55. The molecule has 2 aromatic heterocycles. The SMILES string of the molecule is CNC[C@@H]1CCCN(c2c(NC(=O)c3csc(-c4ccnnc4)n3)ccc(Oc3cccc(F)c3)c2C(F)(F)F)C1. The van der Waals surface area contributed by atoms with Crippen LogP contribution >= 0.6 is 11.3 Å². The summed E-state index contributed by atoms with van der Waals surface area (Å²) in [5.74, 6) is -1.78. The van der Waals surface area contributed by atoms with Crippen LogP contribution in [0, 0.1) is 11.7 Å². The molecule has 1 aliphatic heterocycles. The van der Waals surface area contributed by atoms with Gasteiger partial charge in [-0.15, -0.1) is 11.3 Å². The van der Waals surface area contributed by atoms with Gasteiger partial charge in [0.25, 0.3) is 5.91 Å². The van der Waals surface area contributed by atoms with Crippen LogP contribution in [0.4, 0.5) is 28.9 Å². The predicted octanol–water partition coefficient (Wildman–Crippen LogP) is 6.24. The minimum atomic E-state index is -4.85. The van der Waals surface area contributed by atoms with Crippen LogP contribution < -0.4 is 20.3 Å². The molecule has 0 saturated carbocycles. The Morgan fingerprint density at radius 1 is 1.20 bits per heavy atom. The molecule has 41 heavy (non-hydrogen) atoms. The molecule has 0 unspecified atom stereocenters. The molecule has 8 nitrogen and oxygen atoms in total. The molecule has 2 aromatic carbocycles. The van der Waals surface area contributed by atoms with Gasteiger partial charge >= 0.3 is 6.18 Å². The molecule has 2 N–H and O–H groups in total. The lowest BCUT2D eigenvalue weighted by atomic mass is 9.96. The summed E-state index contributed by atoms with van der Waals surface area (Å²) in [6.45, 7) is 1.32. The molecule has 3 heterocycles. The molecule has 4 aromatic rings. The van der Waals surface area contributed by atoms with E-state index in [0.29, 0.717) is 36.6 Å². The molecule has 0 aliphatic carbocycles. The predicted molar refractivity (Wildman–Crippen MR) is 148 cm³/mol. The first-order valence-electron chi connectivity index (χ1n) is 12.8. The molecule has 1 fully saturated rings. The van der Waals surface area contributed by atoms with E-state index < -0.39 is 29.2 Å². The molecule has 214 valence electrons.